The second-order valence-electron chi connectivity index (χ2n) is 6.14. The van der Waals surface area contributed by atoms with E-state index < -0.39 is 11.9 Å². The van der Waals surface area contributed by atoms with E-state index >= 15 is 0 Å². The van der Waals surface area contributed by atoms with Crippen molar-refractivity contribution >= 4 is 11.3 Å². The molecule has 0 aliphatic heterocycles. The molecule has 1 unspecified atom stereocenters. The maximum absolute atomic E-state index is 13.0. The smallest absolute Gasteiger partial charge is 0.382 e. The van der Waals surface area contributed by atoms with Gasteiger partial charge in [-0.2, -0.15) is 27.9 Å². The first kappa shape index (κ1) is 17.2. The van der Waals surface area contributed by atoms with Gasteiger partial charge in [-0.1, -0.05) is 6.92 Å². The van der Waals surface area contributed by atoms with Gasteiger partial charge < -0.3 is 5.32 Å². The highest BCUT2D eigenvalue weighted by atomic mass is 19.4. The predicted molar refractivity (Wildman–Crippen MR) is 85.1 cm³/mol. The Kier molecular flexibility index (Phi) is 4.36. The average molecular weight is 353 g/mol. The summed E-state index contributed by atoms with van der Waals surface area (Å²) in [4.78, 5) is 0. The number of alkyl halides is 3. The number of nitrogens with one attached hydrogen (secondary N) is 1. The van der Waals surface area contributed by atoms with E-state index in [1.807, 2.05) is 19.9 Å². The lowest BCUT2D eigenvalue weighted by Gasteiger charge is -2.16. The SMILES string of the molecule is Cc1cc(C(F)(F)F)n(CC(C)CNc2cc(C)nn3cnnc23)n1. The summed E-state index contributed by atoms with van der Waals surface area (Å²) < 4.78 is 41.7. The van der Waals surface area contributed by atoms with Crippen LogP contribution in [0.5, 0.6) is 0 Å². The highest BCUT2D eigenvalue weighted by Crippen LogP contribution is 2.30. The minimum Gasteiger partial charge on any atom is -0.382 e. The number of hydrogen-bond acceptors (Lipinski definition) is 5. The Balaban J connectivity index is 1.71. The molecule has 3 aromatic heterocycles. The van der Waals surface area contributed by atoms with Gasteiger partial charge in [-0.25, -0.2) is 0 Å². The molecule has 0 bridgehead atoms. The molecule has 25 heavy (non-hydrogen) atoms. The molecule has 10 heteroatoms. The van der Waals surface area contributed by atoms with Crippen molar-refractivity contribution in [1.29, 1.82) is 0 Å². The highest BCUT2D eigenvalue weighted by molar-refractivity contribution is 5.66. The van der Waals surface area contributed by atoms with Crippen molar-refractivity contribution in [2.24, 2.45) is 5.92 Å². The highest BCUT2D eigenvalue weighted by Gasteiger charge is 2.35. The molecule has 0 saturated heterocycles. The van der Waals surface area contributed by atoms with Crippen LogP contribution in [0.3, 0.4) is 0 Å². The van der Waals surface area contributed by atoms with Gasteiger partial charge >= 0.3 is 6.18 Å². The van der Waals surface area contributed by atoms with Crippen LogP contribution in [-0.2, 0) is 12.7 Å². The Labute approximate surface area is 141 Å². The second kappa shape index (κ2) is 6.34. The predicted octanol–water partition coefficient (Wildman–Crippen LogP) is 2.70. The minimum atomic E-state index is -4.41. The lowest BCUT2D eigenvalue weighted by molar-refractivity contribution is -0.144. The van der Waals surface area contributed by atoms with Gasteiger partial charge in [-0.05, 0) is 31.9 Å². The van der Waals surface area contributed by atoms with Gasteiger partial charge in [0.05, 0.1) is 17.1 Å². The van der Waals surface area contributed by atoms with Gasteiger partial charge in [0.1, 0.15) is 12.0 Å². The Hall–Kier alpha value is -2.65. The molecule has 0 fully saturated rings. The number of anilines is 1. The Morgan fingerprint density at radius 1 is 1.16 bits per heavy atom. The van der Waals surface area contributed by atoms with E-state index in [-0.39, 0.29) is 12.5 Å². The Morgan fingerprint density at radius 3 is 2.60 bits per heavy atom. The summed E-state index contributed by atoms with van der Waals surface area (Å²) in [5.74, 6) is -0.0863. The third kappa shape index (κ3) is 3.72. The quantitative estimate of drug-likeness (QED) is 0.763. The maximum Gasteiger partial charge on any atom is 0.433 e. The second-order valence-corrected chi connectivity index (χ2v) is 6.14. The largest absolute Gasteiger partial charge is 0.433 e. The summed E-state index contributed by atoms with van der Waals surface area (Å²) in [6, 6.07) is 2.89. The van der Waals surface area contributed by atoms with Crippen LogP contribution in [0.1, 0.15) is 24.0 Å². The number of halogens is 3. The van der Waals surface area contributed by atoms with Crippen LogP contribution in [0.15, 0.2) is 18.5 Å². The molecule has 3 heterocycles. The van der Waals surface area contributed by atoms with E-state index in [0.29, 0.717) is 17.9 Å². The molecule has 1 atom stereocenters. The van der Waals surface area contributed by atoms with Crippen molar-refractivity contribution in [3.8, 4) is 0 Å². The molecule has 3 aromatic rings. The van der Waals surface area contributed by atoms with Gasteiger partial charge in [0, 0.05) is 13.1 Å². The molecular weight excluding hydrogens is 335 g/mol. The van der Waals surface area contributed by atoms with E-state index in [4.69, 9.17) is 0 Å². The molecule has 0 radical (unpaired) electrons. The summed E-state index contributed by atoms with van der Waals surface area (Å²) in [7, 11) is 0. The first-order valence-electron chi connectivity index (χ1n) is 7.77. The third-order valence-corrected chi connectivity index (χ3v) is 3.71. The van der Waals surface area contributed by atoms with Crippen LogP contribution in [0.25, 0.3) is 5.65 Å². The van der Waals surface area contributed by atoms with E-state index in [9.17, 15) is 13.2 Å². The number of fused-ring (bicyclic) bond motifs is 1. The van der Waals surface area contributed by atoms with Crippen molar-refractivity contribution in [2.45, 2.75) is 33.5 Å². The fourth-order valence-corrected chi connectivity index (χ4v) is 2.64. The molecule has 0 amide bonds. The fourth-order valence-electron chi connectivity index (χ4n) is 2.64. The zero-order valence-corrected chi connectivity index (χ0v) is 14.0. The summed E-state index contributed by atoms with van der Waals surface area (Å²) in [6.07, 6.45) is -2.91. The number of aromatic nitrogens is 6. The zero-order valence-electron chi connectivity index (χ0n) is 14.0. The van der Waals surface area contributed by atoms with Gasteiger partial charge in [0.2, 0.25) is 5.65 Å². The summed E-state index contributed by atoms with van der Waals surface area (Å²) in [6.45, 7) is 5.87. The van der Waals surface area contributed by atoms with E-state index in [1.165, 1.54) is 6.33 Å². The number of nitrogens with zero attached hydrogens (tertiary/aromatic N) is 6. The molecule has 0 aromatic carbocycles. The monoisotopic (exact) mass is 353 g/mol. The van der Waals surface area contributed by atoms with Crippen molar-refractivity contribution in [3.05, 3.63) is 35.5 Å². The molecule has 3 rings (SSSR count). The third-order valence-electron chi connectivity index (χ3n) is 3.71. The maximum atomic E-state index is 13.0. The molecule has 134 valence electrons. The molecular formula is C15H18F3N7. The number of hydrogen-bond donors (Lipinski definition) is 1. The lowest BCUT2D eigenvalue weighted by atomic mass is 10.1. The van der Waals surface area contributed by atoms with E-state index in [1.54, 1.807) is 11.4 Å². The molecule has 0 aliphatic rings. The fraction of sp³-hybridized carbons (Fsp3) is 0.467. The summed E-state index contributed by atoms with van der Waals surface area (Å²) in [5.41, 5.74) is 1.72. The first-order chi connectivity index (χ1) is 11.7. The van der Waals surface area contributed by atoms with Crippen LogP contribution >= 0.6 is 0 Å². The zero-order chi connectivity index (χ0) is 18.2. The normalized spacial score (nSPS) is 13.4. The topological polar surface area (TPSA) is 72.9 Å². The summed E-state index contributed by atoms with van der Waals surface area (Å²) >= 11 is 0. The number of aryl methyl sites for hydroxylation is 2. The lowest BCUT2D eigenvalue weighted by Crippen LogP contribution is -2.22. The van der Waals surface area contributed by atoms with Crippen molar-refractivity contribution in [1.82, 2.24) is 29.6 Å². The Bertz CT molecular complexity index is 881. The van der Waals surface area contributed by atoms with Crippen molar-refractivity contribution in [3.63, 3.8) is 0 Å². The van der Waals surface area contributed by atoms with Gasteiger partial charge in [0.15, 0.2) is 0 Å². The van der Waals surface area contributed by atoms with Crippen LogP contribution in [-0.4, -0.2) is 36.1 Å². The Morgan fingerprint density at radius 2 is 1.88 bits per heavy atom. The molecule has 0 aliphatic carbocycles. The van der Waals surface area contributed by atoms with Crippen molar-refractivity contribution in [2.75, 3.05) is 11.9 Å². The van der Waals surface area contributed by atoms with Gasteiger partial charge in [0.25, 0.3) is 0 Å². The van der Waals surface area contributed by atoms with E-state index in [0.717, 1.165) is 22.1 Å². The summed E-state index contributed by atoms with van der Waals surface area (Å²) in [5, 5.41) is 19.2. The molecule has 7 nitrogen and oxygen atoms in total. The van der Waals surface area contributed by atoms with Crippen LogP contribution < -0.4 is 5.32 Å². The average Bonchev–Trinajstić information content (AvgIpc) is 3.10. The standard InChI is InChI=1S/C15H18F3N7/c1-9(7-24-13(15(16,17)18)5-11(3)22-24)6-19-12-4-10(2)23-25-8-20-21-14(12)25/h4-5,8-9,19H,6-7H2,1-3H3. The van der Waals surface area contributed by atoms with Gasteiger partial charge in [-0.15, -0.1) is 10.2 Å². The number of rotatable bonds is 5. The molecule has 0 spiro atoms. The van der Waals surface area contributed by atoms with Crippen LogP contribution in [0.4, 0.5) is 18.9 Å². The molecule has 1 N–H and O–H groups in total. The molecule has 0 saturated carbocycles. The van der Waals surface area contributed by atoms with Crippen LogP contribution in [0.2, 0.25) is 0 Å². The minimum absolute atomic E-state index is 0.0863. The van der Waals surface area contributed by atoms with E-state index in [2.05, 4.69) is 25.7 Å². The van der Waals surface area contributed by atoms with Crippen molar-refractivity contribution < 1.29 is 13.2 Å². The first-order valence-corrected chi connectivity index (χ1v) is 7.77. The van der Waals surface area contributed by atoms with Gasteiger partial charge in [-0.3, -0.25) is 4.68 Å². The van der Waals surface area contributed by atoms with Crippen LogP contribution in [0, 0.1) is 19.8 Å².